The number of esters is 2. The van der Waals surface area contributed by atoms with Crippen LogP contribution in [0, 0.1) is 5.41 Å². The smallest absolute Gasteiger partial charge is 0.325 e. The molecular formula is C19H26O6S. The Morgan fingerprint density at radius 1 is 0.962 bits per heavy atom. The summed E-state index contributed by atoms with van der Waals surface area (Å²) in [5.41, 5.74) is -0.110. The normalized spacial score (nSPS) is 21.1. The molecule has 144 valence electrons. The second-order valence-corrected chi connectivity index (χ2v) is 8.67. The molecule has 2 atom stereocenters. The zero-order valence-electron chi connectivity index (χ0n) is 15.7. The summed E-state index contributed by atoms with van der Waals surface area (Å²) in [6.45, 7) is 6.87. The Bertz CT molecular complexity index is 748. The molecule has 0 unspecified atom stereocenters. The van der Waals surface area contributed by atoms with Crippen molar-refractivity contribution in [2.45, 2.75) is 45.3 Å². The number of carbonyl (C=O) groups excluding carboxylic acids is 2. The van der Waals surface area contributed by atoms with E-state index in [0.717, 1.165) is 12.0 Å². The molecule has 0 saturated heterocycles. The number of sulfone groups is 1. The molecule has 6 nitrogen and oxygen atoms in total. The standard InChI is InChI=1S/C19H26O6S/c1-5-13-9-11-14(12-10-13)15-16(26(22,23)8-4)19(15,17(20)24-6-2)18(21)25-7-3/h9-12,15-16H,5-8H2,1-4H3/t15-,16-/m0/s1. The van der Waals surface area contributed by atoms with E-state index >= 15 is 0 Å². The lowest BCUT2D eigenvalue weighted by Crippen LogP contribution is -2.36. The molecule has 0 heterocycles. The molecule has 0 spiro atoms. The third-order valence-electron chi connectivity index (χ3n) is 4.90. The average Bonchev–Trinajstić information content (AvgIpc) is 3.35. The maximum atomic E-state index is 12.7. The molecule has 2 rings (SSSR count). The Balaban J connectivity index is 2.59. The van der Waals surface area contributed by atoms with Gasteiger partial charge in [0.2, 0.25) is 0 Å². The topological polar surface area (TPSA) is 86.7 Å². The quantitative estimate of drug-likeness (QED) is 0.506. The van der Waals surface area contributed by atoms with Crippen molar-refractivity contribution in [3.8, 4) is 0 Å². The lowest BCUT2D eigenvalue weighted by atomic mass is 9.98. The molecule has 1 aliphatic carbocycles. The van der Waals surface area contributed by atoms with Crippen LogP contribution < -0.4 is 0 Å². The minimum Gasteiger partial charge on any atom is -0.465 e. The minimum absolute atomic E-state index is 0.0559. The Morgan fingerprint density at radius 3 is 1.85 bits per heavy atom. The van der Waals surface area contributed by atoms with Crippen molar-refractivity contribution in [2.75, 3.05) is 19.0 Å². The maximum Gasteiger partial charge on any atom is 0.325 e. The molecule has 0 aliphatic heterocycles. The van der Waals surface area contributed by atoms with Gasteiger partial charge in [-0.25, -0.2) is 8.42 Å². The first-order valence-corrected chi connectivity index (χ1v) is 10.7. The highest BCUT2D eigenvalue weighted by Crippen LogP contribution is 2.64. The lowest BCUT2D eigenvalue weighted by molar-refractivity contribution is -0.164. The summed E-state index contributed by atoms with van der Waals surface area (Å²) in [4.78, 5) is 25.5. The van der Waals surface area contributed by atoms with Crippen LogP contribution in [-0.2, 0) is 35.3 Å². The van der Waals surface area contributed by atoms with Gasteiger partial charge in [-0.2, -0.15) is 0 Å². The molecule has 0 N–H and O–H groups in total. The van der Waals surface area contributed by atoms with Crippen molar-refractivity contribution in [2.24, 2.45) is 5.41 Å². The van der Waals surface area contributed by atoms with Gasteiger partial charge in [0.05, 0.1) is 18.5 Å². The number of hydrogen-bond acceptors (Lipinski definition) is 6. The molecule has 1 aliphatic rings. The van der Waals surface area contributed by atoms with Gasteiger partial charge in [-0.1, -0.05) is 38.1 Å². The van der Waals surface area contributed by atoms with E-state index in [9.17, 15) is 18.0 Å². The highest BCUT2D eigenvalue weighted by atomic mass is 32.2. The van der Waals surface area contributed by atoms with Crippen LogP contribution in [0.2, 0.25) is 0 Å². The first-order valence-electron chi connectivity index (χ1n) is 8.95. The predicted octanol–water partition coefficient (Wildman–Crippen LogP) is 2.26. The van der Waals surface area contributed by atoms with Crippen molar-refractivity contribution in [1.29, 1.82) is 0 Å². The molecule has 7 heteroatoms. The minimum atomic E-state index is -3.67. The van der Waals surface area contributed by atoms with Crippen LogP contribution in [-0.4, -0.2) is 44.6 Å². The number of ether oxygens (including phenoxy) is 2. The van der Waals surface area contributed by atoms with Gasteiger partial charge in [-0.15, -0.1) is 0 Å². The van der Waals surface area contributed by atoms with Crippen LogP contribution in [0.15, 0.2) is 24.3 Å². The van der Waals surface area contributed by atoms with E-state index in [4.69, 9.17) is 9.47 Å². The van der Waals surface area contributed by atoms with E-state index in [1.54, 1.807) is 26.0 Å². The zero-order valence-corrected chi connectivity index (χ0v) is 16.5. The fraction of sp³-hybridized carbons (Fsp3) is 0.579. The number of hydrogen-bond donors (Lipinski definition) is 0. The number of rotatable bonds is 8. The van der Waals surface area contributed by atoms with Gasteiger partial charge >= 0.3 is 11.9 Å². The molecule has 1 fully saturated rings. The van der Waals surface area contributed by atoms with Crippen LogP contribution in [0.4, 0.5) is 0 Å². The van der Waals surface area contributed by atoms with Crippen molar-refractivity contribution in [3.63, 3.8) is 0 Å². The van der Waals surface area contributed by atoms with Gasteiger partial charge in [0, 0.05) is 11.7 Å². The summed E-state index contributed by atoms with van der Waals surface area (Å²) in [7, 11) is -3.67. The molecule has 0 amide bonds. The van der Waals surface area contributed by atoms with Crippen LogP contribution in [0.3, 0.4) is 0 Å². The monoisotopic (exact) mass is 382 g/mol. The van der Waals surface area contributed by atoms with E-state index in [1.165, 1.54) is 6.92 Å². The molecule has 0 bridgehead atoms. The fourth-order valence-electron chi connectivity index (χ4n) is 3.50. The van der Waals surface area contributed by atoms with E-state index in [1.807, 2.05) is 19.1 Å². The van der Waals surface area contributed by atoms with Crippen LogP contribution in [0.5, 0.6) is 0 Å². The Kier molecular flexibility index (Phi) is 6.11. The molecule has 0 radical (unpaired) electrons. The zero-order chi connectivity index (χ0) is 19.5. The van der Waals surface area contributed by atoms with E-state index < -0.39 is 38.4 Å². The maximum absolute atomic E-state index is 12.7. The molecule has 0 aromatic heterocycles. The molecule has 1 saturated carbocycles. The largest absolute Gasteiger partial charge is 0.465 e. The third-order valence-corrected chi connectivity index (χ3v) is 7.12. The molecule has 1 aromatic rings. The Labute approximate surface area is 154 Å². The molecule has 1 aromatic carbocycles. The van der Waals surface area contributed by atoms with E-state index in [2.05, 4.69) is 0 Å². The summed E-state index contributed by atoms with van der Waals surface area (Å²) < 4.78 is 35.6. The first-order chi connectivity index (χ1) is 12.3. The van der Waals surface area contributed by atoms with Gasteiger partial charge in [0.25, 0.3) is 0 Å². The third kappa shape index (κ3) is 3.24. The average molecular weight is 382 g/mol. The van der Waals surface area contributed by atoms with Crippen LogP contribution in [0.1, 0.15) is 44.7 Å². The molecule has 26 heavy (non-hydrogen) atoms. The summed E-state index contributed by atoms with van der Waals surface area (Å²) in [6, 6.07) is 7.32. The van der Waals surface area contributed by atoms with Crippen molar-refractivity contribution >= 4 is 21.8 Å². The fourth-order valence-corrected chi connectivity index (χ4v) is 5.47. The van der Waals surface area contributed by atoms with Gasteiger partial charge in [-0.05, 0) is 31.4 Å². The van der Waals surface area contributed by atoms with Crippen molar-refractivity contribution in [1.82, 2.24) is 0 Å². The first kappa shape index (κ1) is 20.4. The van der Waals surface area contributed by atoms with Crippen molar-refractivity contribution in [3.05, 3.63) is 35.4 Å². The van der Waals surface area contributed by atoms with Gasteiger partial charge in [0.15, 0.2) is 15.3 Å². The number of aryl methyl sites for hydroxylation is 1. The van der Waals surface area contributed by atoms with Gasteiger partial charge in [-0.3, -0.25) is 9.59 Å². The van der Waals surface area contributed by atoms with Gasteiger partial charge in [0.1, 0.15) is 0 Å². The second kappa shape index (κ2) is 7.78. The van der Waals surface area contributed by atoms with E-state index in [0.29, 0.717) is 5.56 Å². The Hall–Kier alpha value is -1.89. The summed E-state index contributed by atoms with van der Waals surface area (Å²) >= 11 is 0. The number of benzene rings is 1. The lowest BCUT2D eigenvalue weighted by Gasteiger charge is -2.15. The Morgan fingerprint density at radius 2 is 1.46 bits per heavy atom. The SMILES string of the molecule is CCOC(=O)C1(C(=O)OCC)[C@@H](c2ccc(CC)cc2)[C@@H]1S(=O)(=O)CC. The summed E-state index contributed by atoms with van der Waals surface area (Å²) in [5, 5.41) is -1.16. The van der Waals surface area contributed by atoms with Crippen LogP contribution in [0.25, 0.3) is 0 Å². The van der Waals surface area contributed by atoms with E-state index in [-0.39, 0.29) is 19.0 Å². The second-order valence-electron chi connectivity index (χ2n) is 6.25. The van der Waals surface area contributed by atoms with Crippen molar-refractivity contribution < 1.29 is 27.5 Å². The highest BCUT2D eigenvalue weighted by Gasteiger charge is 2.81. The number of carbonyl (C=O) groups is 2. The predicted molar refractivity (Wildman–Crippen MR) is 97.5 cm³/mol. The highest BCUT2D eigenvalue weighted by molar-refractivity contribution is 7.92. The summed E-state index contributed by atoms with van der Waals surface area (Å²) in [5.74, 6) is -2.62. The van der Waals surface area contributed by atoms with Crippen LogP contribution >= 0.6 is 0 Å². The molecular weight excluding hydrogens is 356 g/mol. The van der Waals surface area contributed by atoms with Gasteiger partial charge < -0.3 is 9.47 Å². The summed E-state index contributed by atoms with van der Waals surface area (Å²) in [6.07, 6.45) is 0.836.